The molecule has 98 valence electrons. The number of methoxy groups -OCH3 is 1. The van der Waals surface area contributed by atoms with Gasteiger partial charge in [0.1, 0.15) is 9.84 Å². The Morgan fingerprint density at radius 1 is 1.29 bits per heavy atom. The maximum atomic E-state index is 11.4. The summed E-state index contributed by atoms with van der Waals surface area (Å²) in [7, 11) is -1.74. The molecule has 1 fully saturated rings. The summed E-state index contributed by atoms with van der Waals surface area (Å²) in [4.78, 5) is 22.5. The predicted molar refractivity (Wildman–Crippen MR) is 61.4 cm³/mol. The van der Waals surface area contributed by atoms with Gasteiger partial charge in [0.15, 0.2) is 5.78 Å². The summed E-state index contributed by atoms with van der Waals surface area (Å²) in [5, 5.41) is 2.46. The van der Waals surface area contributed by atoms with Gasteiger partial charge in [-0.15, -0.1) is 0 Å². The molecular weight excluding hydrogens is 246 g/mol. The first-order valence-corrected chi connectivity index (χ1v) is 7.23. The van der Waals surface area contributed by atoms with Crippen molar-refractivity contribution < 1.29 is 22.7 Å². The first-order valence-electron chi connectivity index (χ1n) is 5.41. The van der Waals surface area contributed by atoms with Crippen LogP contribution in [0.1, 0.15) is 19.8 Å². The monoisotopic (exact) mass is 263 g/mol. The number of sulfone groups is 1. The second-order valence-corrected chi connectivity index (χ2v) is 6.52. The highest BCUT2D eigenvalue weighted by Gasteiger charge is 2.33. The van der Waals surface area contributed by atoms with Gasteiger partial charge in [-0.1, -0.05) is 0 Å². The van der Waals surface area contributed by atoms with E-state index in [2.05, 4.69) is 10.1 Å². The molecule has 0 radical (unpaired) electrons. The van der Waals surface area contributed by atoms with E-state index >= 15 is 0 Å². The number of carbonyl (C=O) groups is 2. The molecule has 0 saturated carbocycles. The van der Waals surface area contributed by atoms with Crippen molar-refractivity contribution in [3.63, 3.8) is 0 Å². The van der Waals surface area contributed by atoms with Gasteiger partial charge >= 0.3 is 6.09 Å². The molecule has 0 aliphatic carbocycles. The average molecular weight is 263 g/mol. The zero-order valence-corrected chi connectivity index (χ0v) is 10.7. The zero-order valence-electron chi connectivity index (χ0n) is 9.93. The van der Waals surface area contributed by atoms with Gasteiger partial charge in [0.2, 0.25) is 0 Å². The van der Waals surface area contributed by atoms with Crippen LogP contribution in [0.4, 0.5) is 4.79 Å². The summed E-state index contributed by atoms with van der Waals surface area (Å²) in [6, 6.07) is -0.655. The second kappa shape index (κ2) is 5.48. The highest BCUT2D eigenvalue weighted by atomic mass is 32.2. The lowest BCUT2D eigenvalue weighted by molar-refractivity contribution is -0.120. The minimum atomic E-state index is -2.96. The molecule has 1 aliphatic heterocycles. The number of hydrogen-bond acceptors (Lipinski definition) is 5. The SMILES string of the molecule is COC(=O)NC(C(C)=O)C1CCS(=O)(=O)CC1. The second-order valence-electron chi connectivity index (χ2n) is 4.21. The Balaban J connectivity index is 2.67. The third-order valence-corrected chi connectivity index (χ3v) is 4.68. The molecule has 0 aromatic rings. The van der Waals surface area contributed by atoms with Crippen LogP contribution in [0.15, 0.2) is 0 Å². The molecule has 1 amide bonds. The summed E-state index contributed by atoms with van der Waals surface area (Å²) in [6.45, 7) is 1.38. The molecule has 0 aromatic heterocycles. The van der Waals surface area contributed by atoms with Crippen molar-refractivity contribution in [3.8, 4) is 0 Å². The molecule has 0 aromatic carbocycles. The molecule has 7 heteroatoms. The Morgan fingerprint density at radius 3 is 2.24 bits per heavy atom. The molecule has 1 aliphatic rings. The lowest BCUT2D eigenvalue weighted by Crippen LogP contribution is -2.47. The Morgan fingerprint density at radius 2 is 1.82 bits per heavy atom. The smallest absolute Gasteiger partial charge is 0.407 e. The maximum Gasteiger partial charge on any atom is 0.407 e. The van der Waals surface area contributed by atoms with Gasteiger partial charge in [-0.3, -0.25) is 4.79 Å². The van der Waals surface area contributed by atoms with Crippen LogP contribution in [0.25, 0.3) is 0 Å². The summed E-state index contributed by atoms with van der Waals surface area (Å²) in [5.74, 6) is -0.163. The van der Waals surface area contributed by atoms with Gasteiger partial charge in [-0.2, -0.15) is 0 Å². The standard InChI is InChI=1S/C10H17NO5S/c1-7(12)9(11-10(13)16-2)8-3-5-17(14,15)6-4-8/h8-9H,3-6H2,1-2H3,(H,11,13). The molecule has 1 rings (SSSR count). The number of carbonyl (C=O) groups excluding carboxylic acids is 2. The Hall–Kier alpha value is -1.11. The predicted octanol–water partition coefficient (Wildman–Crippen LogP) is 0.125. The van der Waals surface area contributed by atoms with Crippen molar-refractivity contribution in [1.82, 2.24) is 5.32 Å². The number of nitrogens with one attached hydrogen (secondary N) is 1. The number of amides is 1. The van der Waals surface area contributed by atoms with E-state index in [1.165, 1.54) is 14.0 Å². The first kappa shape index (κ1) is 14.0. The number of Topliss-reactive ketones (excluding diaryl/α,β-unsaturated/α-hetero) is 1. The van der Waals surface area contributed by atoms with E-state index in [0.29, 0.717) is 12.8 Å². The van der Waals surface area contributed by atoms with Gasteiger partial charge < -0.3 is 10.1 Å². The van der Waals surface area contributed by atoms with Crippen LogP contribution < -0.4 is 5.32 Å². The number of ether oxygens (including phenoxy) is 1. The van der Waals surface area contributed by atoms with Crippen LogP contribution in [0.5, 0.6) is 0 Å². The van der Waals surface area contributed by atoms with Crippen LogP contribution in [-0.4, -0.2) is 45.0 Å². The molecule has 1 N–H and O–H groups in total. The Labute approximate surface area is 101 Å². The molecule has 1 saturated heterocycles. The summed E-state index contributed by atoms with van der Waals surface area (Å²) in [5.41, 5.74) is 0. The molecule has 1 atom stereocenters. The quantitative estimate of drug-likeness (QED) is 0.781. The van der Waals surface area contributed by atoms with E-state index in [1.54, 1.807) is 0 Å². The molecule has 1 unspecified atom stereocenters. The van der Waals surface area contributed by atoms with Gasteiger partial charge in [-0.25, -0.2) is 13.2 Å². The van der Waals surface area contributed by atoms with Gasteiger partial charge in [0, 0.05) is 0 Å². The minimum absolute atomic E-state index is 0.0737. The lowest BCUT2D eigenvalue weighted by atomic mass is 9.91. The lowest BCUT2D eigenvalue weighted by Gasteiger charge is -2.28. The molecule has 17 heavy (non-hydrogen) atoms. The number of ketones is 1. The largest absolute Gasteiger partial charge is 0.453 e. The number of hydrogen-bond donors (Lipinski definition) is 1. The van der Waals surface area contributed by atoms with Crippen LogP contribution in [-0.2, 0) is 19.4 Å². The third kappa shape index (κ3) is 3.99. The van der Waals surface area contributed by atoms with Gasteiger partial charge in [-0.05, 0) is 25.7 Å². The van der Waals surface area contributed by atoms with E-state index in [1.807, 2.05) is 0 Å². The first-order chi connectivity index (χ1) is 7.85. The third-order valence-electron chi connectivity index (χ3n) is 2.97. The van der Waals surface area contributed by atoms with Gasteiger partial charge in [0.25, 0.3) is 0 Å². The Bertz CT molecular complexity index is 389. The molecular formula is C10H17NO5S. The van der Waals surface area contributed by atoms with E-state index in [-0.39, 0.29) is 23.2 Å². The topological polar surface area (TPSA) is 89.5 Å². The average Bonchev–Trinajstić information content (AvgIpc) is 2.26. The van der Waals surface area contributed by atoms with Crippen LogP contribution in [0.2, 0.25) is 0 Å². The fraction of sp³-hybridized carbons (Fsp3) is 0.800. The fourth-order valence-corrected chi connectivity index (χ4v) is 3.51. The number of alkyl carbamates (subject to hydrolysis) is 1. The normalized spacial score (nSPS) is 21.5. The van der Waals surface area contributed by atoms with Crippen molar-refractivity contribution in [2.75, 3.05) is 18.6 Å². The summed E-state index contributed by atoms with van der Waals surface area (Å²) < 4.78 is 27.0. The molecule has 0 spiro atoms. The number of rotatable bonds is 3. The highest BCUT2D eigenvalue weighted by molar-refractivity contribution is 7.91. The van der Waals surface area contributed by atoms with Crippen molar-refractivity contribution in [2.24, 2.45) is 5.92 Å². The van der Waals surface area contributed by atoms with Crippen molar-refractivity contribution in [2.45, 2.75) is 25.8 Å². The van der Waals surface area contributed by atoms with Crippen LogP contribution in [0.3, 0.4) is 0 Å². The van der Waals surface area contributed by atoms with Crippen molar-refractivity contribution in [1.29, 1.82) is 0 Å². The van der Waals surface area contributed by atoms with Crippen molar-refractivity contribution in [3.05, 3.63) is 0 Å². The summed E-state index contributed by atoms with van der Waals surface area (Å²) in [6.07, 6.45) is 0.131. The van der Waals surface area contributed by atoms with Crippen molar-refractivity contribution >= 4 is 21.7 Å². The minimum Gasteiger partial charge on any atom is -0.453 e. The fourth-order valence-electron chi connectivity index (χ4n) is 1.98. The maximum absolute atomic E-state index is 11.4. The van der Waals surface area contributed by atoms with Crippen LogP contribution in [0, 0.1) is 5.92 Å². The van der Waals surface area contributed by atoms with Crippen LogP contribution >= 0.6 is 0 Å². The van der Waals surface area contributed by atoms with E-state index < -0.39 is 22.0 Å². The van der Waals surface area contributed by atoms with E-state index in [0.717, 1.165) is 0 Å². The molecule has 1 heterocycles. The van der Waals surface area contributed by atoms with E-state index in [9.17, 15) is 18.0 Å². The van der Waals surface area contributed by atoms with Gasteiger partial charge in [0.05, 0.1) is 24.7 Å². The Kier molecular flexibility index (Phi) is 4.50. The van der Waals surface area contributed by atoms with E-state index in [4.69, 9.17) is 0 Å². The molecule has 6 nitrogen and oxygen atoms in total. The zero-order chi connectivity index (χ0) is 13.1. The highest BCUT2D eigenvalue weighted by Crippen LogP contribution is 2.22. The molecule has 0 bridgehead atoms. The summed E-state index contributed by atoms with van der Waals surface area (Å²) >= 11 is 0.